The predicted molar refractivity (Wildman–Crippen MR) is 93.7 cm³/mol. The molecule has 5 nitrogen and oxygen atoms in total. The highest BCUT2D eigenvalue weighted by Gasteiger charge is 2.28. The number of hydrogen-bond donors (Lipinski definition) is 1. The van der Waals surface area contributed by atoms with Crippen LogP contribution in [0.15, 0.2) is 24.3 Å². The second-order valence-electron chi connectivity index (χ2n) is 6.25. The Balaban J connectivity index is 0.00000264. The van der Waals surface area contributed by atoms with Gasteiger partial charge < -0.3 is 15.5 Å². The Kier molecular flexibility index (Phi) is 7.03. The van der Waals surface area contributed by atoms with E-state index in [4.69, 9.17) is 5.73 Å². The summed E-state index contributed by atoms with van der Waals surface area (Å²) in [5, 5.41) is 0. The Labute approximate surface area is 144 Å². The number of amides is 2. The Hall–Kier alpha value is -1.59. The van der Waals surface area contributed by atoms with Crippen molar-refractivity contribution in [1.29, 1.82) is 0 Å². The summed E-state index contributed by atoms with van der Waals surface area (Å²) in [5.41, 5.74) is 7.75. The number of rotatable bonds is 3. The lowest BCUT2D eigenvalue weighted by Gasteiger charge is -2.36. The molecule has 1 aromatic rings. The molecule has 1 heterocycles. The molecule has 1 aromatic carbocycles. The van der Waals surface area contributed by atoms with E-state index in [9.17, 15) is 9.59 Å². The van der Waals surface area contributed by atoms with E-state index < -0.39 is 6.04 Å². The first kappa shape index (κ1) is 19.5. The second-order valence-corrected chi connectivity index (χ2v) is 6.25. The molecule has 0 radical (unpaired) electrons. The van der Waals surface area contributed by atoms with E-state index in [1.165, 1.54) is 0 Å². The first-order valence-corrected chi connectivity index (χ1v) is 7.80. The molecule has 0 unspecified atom stereocenters. The third-order valence-corrected chi connectivity index (χ3v) is 4.18. The molecular formula is C17H26ClN3O2. The van der Waals surface area contributed by atoms with Gasteiger partial charge in [-0.05, 0) is 25.0 Å². The summed E-state index contributed by atoms with van der Waals surface area (Å²) in [4.78, 5) is 28.2. The molecule has 0 aliphatic carbocycles. The maximum absolute atomic E-state index is 12.4. The van der Waals surface area contributed by atoms with Crippen molar-refractivity contribution in [2.24, 2.45) is 11.7 Å². The first-order valence-electron chi connectivity index (χ1n) is 7.80. The third kappa shape index (κ3) is 4.69. The largest absolute Gasteiger partial charge is 0.338 e. The van der Waals surface area contributed by atoms with Crippen molar-refractivity contribution < 1.29 is 9.59 Å². The number of nitrogens with zero attached hydrogens (tertiary/aromatic N) is 2. The lowest BCUT2D eigenvalue weighted by molar-refractivity contribution is -0.135. The molecule has 128 valence electrons. The van der Waals surface area contributed by atoms with Gasteiger partial charge in [-0.2, -0.15) is 0 Å². The van der Waals surface area contributed by atoms with Crippen molar-refractivity contribution in [3.8, 4) is 0 Å². The van der Waals surface area contributed by atoms with Gasteiger partial charge in [0, 0.05) is 31.7 Å². The zero-order valence-corrected chi connectivity index (χ0v) is 14.8. The van der Waals surface area contributed by atoms with Crippen LogP contribution in [0.1, 0.15) is 29.8 Å². The smallest absolute Gasteiger partial charge is 0.253 e. The average Bonchev–Trinajstić information content (AvgIpc) is 2.53. The van der Waals surface area contributed by atoms with Crippen LogP contribution in [0, 0.1) is 12.8 Å². The number of nitrogens with two attached hydrogens (primary N) is 1. The Bertz CT molecular complexity index is 537. The van der Waals surface area contributed by atoms with Crippen LogP contribution in [0.2, 0.25) is 0 Å². The molecule has 1 fully saturated rings. The summed E-state index contributed by atoms with van der Waals surface area (Å²) in [7, 11) is 0. The summed E-state index contributed by atoms with van der Waals surface area (Å²) in [6.07, 6.45) is 0. The topological polar surface area (TPSA) is 66.6 Å². The molecule has 6 heteroatoms. The maximum atomic E-state index is 12.4. The molecular weight excluding hydrogens is 314 g/mol. The van der Waals surface area contributed by atoms with Gasteiger partial charge in [0.1, 0.15) is 0 Å². The number of carbonyl (C=O) groups excluding carboxylic acids is 2. The van der Waals surface area contributed by atoms with Gasteiger partial charge in [0.2, 0.25) is 5.91 Å². The minimum atomic E-state index is -0.459. The van der Waals surface area contributed by atoms with Gasteiger partial charge in [0.05, 0.1) is 6.04 Å². The number of aryl methyl sites for hydroxylation is 1. The lowest BCUT2D eigenvalue weighted by atomic mass is 10.0. The number of benzene rings is 1. The molecule has 1 saturated heterocycles. The van der Waals surface area contributed by atoms with Crippen LogP contribution in [-0.2, 0) is 4.79 Å². The fourth-order valence-electron chi connectivity index (χ4n) is 2.50. The zero-order chi connectivity index (χ0) is 16.3. The van der Waals surface area contributed by atoms with Gasteiger partial charge in [-0.3, -0.25) is 9.59 Å². The third-order valence-electron chi connectivity index (χ3n) is 4.18. The monoisotopic (exact) mass is 339 g/mol. The van der Waals surface area contributed by atoms with Crippen LogP contribution in [0.25, 0.3) is 0 Å². The number of hydrogen-bond acceptors (Lipinski definition) is 3. The van der Waals surface area contributed by atoms with Gasteiger partial charge in [-0.1, -0.05) is 31.5 Å². The van der Waals surface area contributed by atoms with Gasteiger partial charge >= 0.3 is 0 Å². The Morgan fingerprint density at radius 3 is 1.96 bits per heavy atom. The van der Waals surface area contributed by atoms with E-state index in [0.29, 0.717) is 31.7 Å². The van der Waals surface area contributed by atoms with E-state index in [2.05, 4.69) is 0 Å². The highest BCUT2D eigenvalue weighted by Crippen LogP contribution is 2.12. The summed E-state index contributed by atoms with van der Waals surface area (Å²) in [6.45, 7) is 8.11. The standard InChI is InChI=1S/C17H25N3O2.ClH/c1-12(2)15(18)17(22)20-10-8-19(9-11-20)16(21)14-6-4-13(3)5-7-14;/h4-7,12,15H,8-11,18H2,1-3H3;1H/t15-;/m0./s1. The van der Waals surface area contributed by atoms with Gasteiger partial charge in [0.15, 0.2) is 0 Å². The van der Waals surface area contributed by atoms with Crippen molar-refractivity contribution in [3.63, 3.8) is 0 Å². The van der Waals surface area contributed by atoms with Crippen LogP contribution in [0.4, 0.5) is 0 Å². The Morgan fingerprint density at radius 2 is 1.48 bits per heavy atom. The highest BCUT2D eigenvalue weighted by atomic mass is 35.5. The van der Waals surface area contributed by atoms with Crippen molar-refractivity contribution in [3.05, 3.63) is 35.4 Å². The van der Waals surface area contributed by atoms with Crippen molar-refractivity contribution in [2.45, 2.75) is 26.8 Å². The predicted octanol–water partition coefficient (Wildman–Crippen LogP) is 1.68. The molecule has 0 spiro atoms. The van der Waals surface area contributed by atoms with E-state index in [0.717, 1.165) is 5.56 Å². The SMILES string of the molecule is Cc1ccc(C(=O)N2CCN(C(=O)[C@@H](N)C(C)C)CC2)cc1.Cl. The molecule has 1 atom stereocenters. The normalized spacial score (nSPS) is 16.0. The summed E-state index contributed by atoms with van der Waals surface area (Å²) in [6, 6.07) is 7.12. The van der Waals surface area contributed by atoms with Crippen LogP contribution < -0.4 is 5.73 Å². The molecule has 1 aliphatic rings. The van der Waals surface area contributed by atoms with Crippen LogP contribution >= 0.6 is 12.4 Å². The summed E-state index contributed by atoms with van der Waals surface area (Å²) in [5.74, 6) is 0.136. The van der Waals surface area contributed by atoms with Gasteiger partial charge in [0.25, 0.3) is 5.91 Å². The van der Waals surface area contributed by atoms with Crippen LogP contribution in [0.3, 0.4) is 0 Å². The molecule has 23 heavy (non-hydrogen) atoms. The van der Waals surface area contributed by atoms with E-state index in [-0.39, 0.29) is 30.1 Å². The molecule has 1 aliphatic heterocycles. The maximum Gasteiger partial charge on any atom is 0.253 e. The summed E-state index contributed by atoms with van der Waals surface area (Å²) >= 11 is 0. The molecule has 2 amide bonds. The molecule has 0 saturated carbocycles. The number of piperazine rings is 1. The minimum absolute atomic E-state index is 0. The zero-order valence-electron chi connectivity index (χ0n) is 14.0. The fourth-order valence-corrected chi connectivity index (χ4v) is 2.50. The minimum Gasteiger partial charge on any atom is -0.338 e. The van der Waals surface area contributed by atoms with Crippen molar-refractivity contribution >= 4 is 24.2 Å². The lowest BCUT2D eigenvalue weighted by Crippen LogP contribution is -2.55. The van der Waals surface area contributed by atoms with E-state index in [1.807, 2.05) is 45.0 Å². The van der Waals surface area contributed by atoms with E-state index in [1.54, 1.807) is 9.80 Å². The van der Waals surface area contributed by atoms with Crippen molar-refractivity contribution in [1.82, 2.24) is 9.80 Å². The van der Waals surface area contributed by atoms with Crippen LogP contribution in [-0.4, -0.2) is 53.8 Å². The fraction of sp³-hybridized carbons (Fsp3) is 0.529. The molecule has 0 aromatic heterocycles. The number of halogens is 1. The quantitative estimate of drug-likeness (QED) is 0.911. The first-order chi connectivity index (χ1) is 10.4. The molecule has 2 N–H and O–H groups in total. The van der Waals surface area contributed by atoms with Crippen molar-refractivity contribution in [2.75, 3.05) is 26.2 Å². The average molecular weight is 340 g/mol. The van der Waals surface area contributed by atoms with E-state index >= 15 is 0 Å². The summed E-state index contributed by atoms with van der Waals surface area (Å²) < 4.78 is 0. The Morgan fingerprint density at radius 1 is 1.00 bits per heavy atom. The van der Waals surface area contributed by atoms with Gasteiger partial charge in [-0.25, -0.2) is 0 Å². The second kappa shape index (κ2) is 8.31. The van der Waals surface area contributed by atoms with Gasteiger partial charge in [-0.15, -0.1) is 12.4 Å². The molecule has 0 bridgehead atoms. The van der Waals surface area contributed by atoms with Crippen LogP contribution in [0.5, 0.6) is 0 Å². The number of carbonyl (C=O) groups is 2. The molecule has 2 rings (SSSR count). The highest BCUT2D eigenvalue weighted by molar-refractivity contribution is 5.94.